The fraction of sp³-hybridized carbons (Fsp3) is 0.136. The molecule has 1 aliphatic carbocycles. The van der Waals surface area contributed by atoms with Crippen LogP contribution in [0.2, 0.25) is 15.1 Å². The van der Waals surface area contributed by atoms with Crippen molar-refractivity contribution in [1.82, 2.24) is 4.98 Å². The minimum Gasteiger partial charge on any atom is -0.326 e. The molecular formula is C22H14Cl5N3O3. The van der Waals surface area contributed by atoms with E-state index in [0.717, 1.165) is 0 Å². The molecule has 6 nitrogen and oxygen atoms in total. The van der Waals surface area contributed by atoms with Crippen molar-refractivity contribution < 1.29 is 9.59 Å². The maximum absolute atomic E-state index is 12.9. The number of halogens is 5. The fourth-order valence-electron chi connectivity index (χ4n) is 3.51. The van der Waals surface area contributed by atoms with Crippen LogP contribution in [-0.4, -0.2) is 21.1 Å². The van der Waals surface area contributed by atoms with E-state index in [0.29, 0.717) is 21.3 Å². The Morgan fingerprint density at radius 1 is 0.909 bits per heavy atom. The van der Waals surface area contributed by atoms with Gasteiger partial charge in [-0.15, -0.1) is 23.2 Å². The number of anilines is 2. The Morgan fingerprint density at radius 2 is 1.61 bits per heavy atom. The number of rotatable bonds is 5. The number of alkyl halides is 2. The van der Waals surface area contributed by atoms with E-state index >= 15 is 0 Å². The molecular weight excluding hydrogens is 532 g/mol. The van der Waals surface area contributed by atoms with Crippen LogP contribution in [0, 0.1) is 5.92 Å². The molecule has 3 N–H and O–H groups in total. The Hall–Kier alpha value is -2.22. The van der Waals surface area contributed by atoms with Gasteiger partial charge in [-0.25, -0.2) is 0 Å². The summed E-state index contributed by atoms with van der Waals surface area (Å²) in [5.74, 6) is -2.25. The standard InChI is InChI=1S/C22H14Cl5N3O3/c23-11-6-10(7-12(24)8-11)18-19(22(18,26)27)21(33)28-13-4-5-14(25)16(9-13)30-20(32)15-2-1-3-17(31)29-15/h1-9,18-19H,(H,28,33)(H,29,31)(H,30,32). The SMILES string of the molecule is O=C(Nc1cc(NC(=O)C2C(c3cc(Cl)cc(Cl)c3)C2(Cl)Cl)ccc1Cl)c1cccc(=O)[nH]1. The molecule has 0 radical (unpaired) electrons. The molecule has 1 aliphatic rings. The summed E-state index contributed by atoms with van der Waals surface area (Å²) in [6, 6.07) is 13.6. The Labute approximate surface area is 213 Å². The molecule has 2 atom stereocenters. The fourth-order valence-corrected chi connectivity index (χ4v) is 5.05. The topological polar surface area (TPSA) is 91.1 Å². The van der Waals surface area contributed by atoms with Gasteiger partial charge in [0, 0.05) is 27.7 Å². The summed E-state index contributed by atoms with van der Waals surface area (Å²) in [4.78, 5) is 39.2. The normalized spacial score (nSPS) is 18.5. The molecule has 2 amide bonds. The van der Waals surface area contributed by atoms with Crippen LogP contribution in [0.1, 0.15) is 22.0 Å². The second-order valence-corrected chi connectivity index (χ2v) is 10.1. The van der Waals surface area contributed by atoms with Gasteiger partial charge in [0.25, 0.3) is 5.91 Å². The lowest BCUT2D eigenvalue weighted by atomic mass is 10.1. The van der Waals surface area contributed by atoms with Gasteiger partial charge in [0.05, 0.1) is 16.6 Å². The zero-order valence-corrected chi connectivity index (χ0v) is 20.2. The Morgan fingerprint density at radius 3 is 2.27 bits per heavy atom. The van der Waals surface area contributed by atoms with Gasteiger partial charge >= 0.3 is 0 Å². The number of aromatic amines is 1. The monoisotopic (exact) mass is 543 g/mol. The molecule has 0 saturated heterocycles. The first-order valence-electron chi connectivity index (χ1n) is 9.51. The number of hydrogen-bond acceptors (Lipinski definition) is 3. The first kappa shape index (κ1) is 23.9. The Kier molecular flexibility index (Phi) is 6.67. The number of benzene rings is 2. The van der Waals surface area contributed by atoms with E-state index in [1.165, 1.54) is 30.3 Å². The third-order valence-electron chi connectivity index (χ3n) is 5.08. The van der Waals surface area contributed by atoms with Crippen molar-refractivity contribution in [2.24, 2.45) is 5.92 Å². The van der Waals surface area contributed by atoms with Gasteiger partial charge < -0.3 is 15.6 Å². The summed E-state index contributed by atoms with van der Waals surface area (Å²) in [6.07, 6.45) is 0. The van der Waals surface area contributed by atoms with Crippen molar-refractivity contribution in [1.29, 1.82) is 0 Å². The largest absolute Gasteiger partial charge is 0.326 e. The molecule has 2 unspecified atom stereocenters. The van der Waals surface area contributed by atoms with Gasteiger partial charge in [0.1, 0.15) is 10.0 Å². The number of amides is 2. The van der Waals surface area contributed by atoms with Crippen molar-refractivity contribution >= 4 is 81.2 Å². The zero-order chi connectivity index (χ0) is 23.9. The first-order chi connectivity index (χ1) is 15.6. The molecule has 11 heteroatoms. The molecule has 4 rings (SSSR count). The minimum absolute atomic E-state index is 0.0584. The third kappa shape index (κ3) is 5.15. The van der Waals surface area contributed by atoms with Crippen molar-refractivity contribution in [2.45, 2.75) is 10.3 Å². The molecule has 1 aromatic heterocycles. The maximum atomic E-state index is 12.9. The zero-order valence-electron chi connectivity index (χ0n) is 16.5. The van der Waals surface area contributed by atoms with E-state index in [4.69, 9.17) is 58.0 Å². The molecule has 1 heterocycles. The molecule has 0 spiro atoms. The summed E-state index contributed by atoms with van der Waals surface area (Å²) in [7, 11) is 0. The Balaban J connectivity index is 1.51. The van der Waals surface area contributed by atoms with Crippen LogP contribution in [-0.2, 0) is 4.79 Å². The summed E-state index contributed by atoms with van der Waals surface area (Å²) < 4.78 is -1.33. The van der Waals surface area contributed by atoms with Crippen LogP contribution in [0.5, 0.6) is 0 Å². The number of aromatic nitrogens is 1. The maximum Gasteiger partial charge on any atom is 0.272 e. The van der Waals surface area contributed by atoms with Gasteiger partial charge in [-0.2, -0.15) is 0 Å². The first-order valence-corrected chi connectivity index (χ1v) is 11.4. The van der Waals surface area contributed by atoms with Gasteiger partial charge in [0.15, 0.2) is 0 Å². The predicted octanol–water partition coefficient (Wildman–Crippen LogP) is 6.11. The van der Waals surface area contributed by atoms with E-state index in [1.54, 1.807) is 24.3 Å². The summed E-state index contributed by atoms with van der Waals surface area (Å²) in [6.45, 7) is 0. The molecule has 2 aromatic carbocycles. The number of pyridine rings is 1. The van der Waals surface area contributed by atoms with E-state index in [2.05, 4.69) is 15.6 Å². The summed E-state index contributed by atoms with van der Waals surface area (Å²) >= 11 is 31.1. The van der Waals surface area contributed by atoms with Gasteiger partial charge in [-0.1, -0.05) is 40.9 Å². The van der Waals surface area contributed by atoms with E-state index < -0.39 is 33.5 Å². The molecule has 33 heavy (non-hydrogen) atoms. The number of carbonyl (C=O) groups excluding carboxylic acids is 2. The van der Waals surface area contributed by atoms with Crippen molar-refractivity contribution in [2.75, 3.05) is 10.6 Å². The molecule has 0 bridgehead atoms. The van der Waals surface area contributed by atoms with Crippen molar-refractivity contribution in [3.63, 3.8) is 0 Å². The van der Waals surface area contributed by atoms with Crippen molar-refractivity contribution in [3.05, 3.63) is 91.3 Å². The minimum atomic E-state index is -1.33. The summed E-state index contributed by atoms with van der Waals surface area (Å²) in [5, 5.41) is 6.39. The third-order valence-corrected chi connectivity index (χ3v) is 6.78. The van der Waals surface area contributed by atoms with E-state index in [1.807, 2.05) is 0 Å². The van der Waals surface area contributed by atoms with Crippen LogP contribution < -0.4 is 16.2 Å². The van der Waals surface area contributed by atoms with Gasteiger partial charge in [0.2, 0.25) is 11.5 Å². The highest BCUT2D eigenvalue weighted by atomic mass is 35.5. The quantitative estimate of drug-likeness (QED) is 0.338. The van der Waals surface area contributed by atoms with Gasteiger partial charge in [-0.3, -0.25) is 14.4 Å². The highest BCUT2D eigenvalue weighted by Gasteiger charge is 2.67. The number of hydrogen-bond donors (Lipinski definition) is 3. The lowest BCUT2D eigenvalue weighted by Crippen LogP contribution is -2.19. The van der Waals surface area contributed by atoms with Crippen LogP contribution in [0.25, 0.3) is 0 Å². The van der Waals surface area contributed by atoms with Crippen LogP contribution in [0.3, 0.4) is 0 Å². The molecule has 170 valence electrons. The smallest absolute Gasteiger partial charge is 0.272 e. The van der Waals surface area contributed by atoms with Gasteiger partial charge in [-0.05, 0) is 48.0 Å². The van der Waals surface area contributed by atoms with E-state index in [9.17, 15) is 14.4 Å². The average molecular weight is 546 g/mol. The number of nitrogens with one attached hydrogen (secondary N) is 3. The van der Waals surface area contributed by atoms with E-state index in [-0.39, 0.29) is 16.4 Å². The predicted molar refractivity (Wildman–Crippen MR) is 132 cm³/mol. The second-order valence-electron chi connectivity index (χ2n) is 7.40. The van der Waals surface area contributed by atoms with Crippen molar-refractivity contribution in [3.8, 4) is 0 Å². The second kappa shape index (κ2) is 9.20. The Bertz CT molecular complexity index is 1300. The van der Waals surface area contributed by atoms with Crippen LogP contribution >= 0.6 is 58.0 Å². The number of carbonyl (C=O) groups is 2. The van der Waals surface area contributed by atoms with Crippen LogP contribution in [0.15, 0.2) is 59.4 Å². The lowest BCUT2D eigenvalue weighted by Gasteiger charge is -2.11. The molecule has 1 saturated carbocycles. The molecule has 1 fully saturated rings. The number of H-pyrrole nitrogens is 1. The molecule has 0 aliphatic heterocycles. The average Bonchev–Trinajstić information content (AvgIpc) is 3.32. The van der Waals surface area contributed by atoms with Crippen LogP contribution in [0.4, 0.5) is 11.4 Å². The highest BCUT2D eigenvalue weighted by molar-refractivity contribution is 6.53. The highest BCUT2D eigenvalue weighted by Crippen LogP contribution is 2.65. The molecule has 3 aromatic rings. The lowest BCUT2D eigenvalue weighted by molar-refractivity contribution is -0.117. The summed E-state index contributed by atoms with van der Waals surface area (Å²) in [5.41, 5.74) is 0.892.